The molecule has 0 fully saturated rings. The minimum absolute atomic E-state index is 0.882. The van der Waals surface area contributed by atoms with Crippen molar-refractivity contribution in [3.05, 3.63) is 176 Å². The third-order valence-electron chi connectivity index (χ3n) is 11.0. The molecule has 0 radical (unpaired) electrons. The molecular formula is C48H29N3O. The molecule has 12 rings (SSSR count). The first kappa shape index (κ1) is 27.7. The molecule has 0 bridgehead atoms. The van der Waals surface area contributed by atoms with Crippen molar-refractivity contribution in [2.24, 2.45) is 0 Å². The summed E-state index contributed by atoms with van der Waals surface area (Å²) in [5, 5.41) is 9.70. The zero-order valence-corrected chi connectivity index (χ0v) is 28.0. The van der Waals surface area contributed by atoms with Crippen LogP contribution in [0.4, 0.5) is 0 Å². The van der Waals surface area contributed by atoms with Gasteiger partial charge in [-0.25, -0.2) is 0 Å². The summed E-state index contributed by atoms with van der Waals surface area (Å²) in [6, 6.07) is 63.5. The monoisotopic (exact) mass is 663 g/mol. The van der Waals surface area contributed by atoms with E-state index >= 15 is 0 Å². The van der Waals surface area contributed by atoms with Crippen LogP contribution in [0.25, 0.3) is 104 Å². The van der Waals surface area contributed by atoms with Crippen LogP contribution in [-0.2, 0) is 0 Å². The Kier molecular flexibility index (Phi) is 5.47. The number of furan rings is 1. The molecule has 4 heterocycles. The van der Waals surface area contributed by atoms with Crippen molar-refractivity contribution in [1.29, 1.82) is 0 Å². The van der Waals surface area contributed by atoms with Crippen molar-refractivity contribution in [2.45, 2.75) is 0 Å². The lowest BCUT2D eigenvalue weighted by Gasteiger charge is -2.10. The molecule has 4 nitrogen and oxygen atoms in total. The van der Waals surface area contributed by atoms with Gasteiger partial charge in [0.1, 0.15) is 11.2 Å². The van der Waals surface area contributed by atoms with Crippen LogP contribution in [0.3, 0.4) is 0 Å². The van der Waals surface area contributed by atoms with Crippen LogP contribution in [0.1, 0.15) is 0 Å². The third-order valence-corrected chi connectivity index (χ3v) is 11.0. The molecule has 242 valence electrons. The first-order valence-electron chi connectivity index (χ1n) is 17.8. The topological polar surface area (TPSA) is 27.9 Å². The van der Waals surface area contributed by atoms with E-state index in [4.69, 9.17) is 4.42 Å². The predicted molar refractivity (Wildman–Crippen MR) is 217 cm³/mol. The van der Waals surface area contributed by atoms with Gasteiger partial charge in [0.25, 0.3) is 0 Å². The fourth-order valence-corrected chi connectivity index (χ4v) is 8.81. The lowest BCUT2D eigenvalue weighted by molar-refractivity contribution is 0.669. The molecule has 12 aromatic rings. The Labute approximate surface area is 297 Å². The van der Waals surface area contributed by atoms with Crippen LogP contribution in [-0.4, -0.2) is 13.7 Å². The molecule has 0 aliphatic carbocycles. The highest BCUT2D eigenvalue weighted by Crippen LogP contribution is 2.39. The van der Waals surface area contributed by atoms with Gasteiger partial charge in [-0.05, 0) is 84.9 Å². The summed E-state index contributed by atoms with van der Waals surface area (Å²) in [6.07, 6.45) is 0. The van der Waals surface area contributed by atoms with Crippen molar-refractivity contribution in [2.75, 3.05) is 0 Å². The van der Waals surface area contributed by atoms with Gasteiger partial charge >= 0.3 is 0 Å². The zero-order valence-electron chi connectivity index (χ0n) is 28.0. The minimum atomic E-state index is 0.882. The van der Waals surface area contributed by atoms with Crippen LogP contribution in [0.5, 0.6) is 0 Å². The Morgan fingerprint density at radius 3 is 0.923 bits per heavy atom. The summed E-state index contributed by atoms with van der Waals surface area (Å²) in [7, 11) is 0. The molecule has 0 N–H and O–H groups in total. The second kappa shape index (κ2) is 10.3. The van der Waals surface area contributed by atoms with Gasteiger partial charge in [-0.2, -0.15) is 0 Å². The molecule has 0 spiro atoms. The van der Waals surface area contributed by atoms with E-state index in [2.05, 4.69) is 190 Å². The molecule has 0 aliphatic heterocycles. The molecule has 52 heavy (non-hydrogen) atoms. The van der Waals surface area contributed by atoms with Crippen LogP contribution >= 0.6 is 0 Å². The molecule has 0 saturated carbocycles. The van der Waals surface area contributed by atoms with Crippen LogP contribution < -0.4 is 0 Å². The van der Waals surface area contributed by atoms with Crippen molar-refractivity contribution in [3.63, 3.8) is 0 Å². The summed E-state index contributed by atoms with van der Waals surface area (Å²) in [6.45, 7) is 0. The summed E-state index contributed by atoms with van der Waals surface area (Å²) < 4.78 is 13.6. The van der Waals surface area contributed by atoms with E-state index in [1.54, 1.807) is 0 Å². The maximum absolute atomic E-state index is 6.45. The molecular weight excluding hydrogens is 635 g/mol. The van der Waals surface area contributed by atoms with Gasteiger partial charge in [-0.15, -0.1) is 0 Å². The average Bonchev–Trinajstić information content (AvgIpc) is 3.93. The number of hydrogen-bond donors (Lipinski definition) is 0. The Morgan fingerprint density at radius 1 is 0.250 bits per heavy atom. The Hall–Kier alpha value is -7.04. The van der Waals surface area contributed by atoms with E-state index < -0.39 is 0 Å². The molecule has 0 amide bonds. The number of rotatable bonds is 3. The number of fused-ring (bicyclic) bond motifs is 12. The fourth-order valence-electron chi connectivity index (χ4n) is 8.81. The van der Waals surface area contributed by atoms with Crippen molar-refractivity contribution < 1.29 is 4.42 Å². The van der Waals surface area contributed by atoms with Crippen LogP contribution in [0, 0.1) is 0 Å². The largest absolute Gasteiger partial charge is 0.456 e. The maximum Gasteiger partial charge on any atom is 0.135 e. The van der Waals surface area contributed by atoms with Crippen molar-refractivity contribution >= 4 is 87.4 Å². The first-order chi connectivity index (χ1) is 25.8. The molecule has 4 heteroatoms. The highest BCUT2D eigenvalue weighted by molar-refractivity contribution is 6.14. The van der Waals surface area contributed by atoms with Gasteiger partial charge in [0, 0.05) is 60.2 Å². The smallest absolute Gasteiger partial charge is 0.135 e. The average molecular weight is 664 g/mol. The fraction of sp³-hybridized carbons (Fsp3) is 0. The number of benzene rings is 8. The molecule has 4 aromatic heterocycles. The van der Waals surface area contributed by atoms with Gasteiger partial charge in [-0.1, -0.05) is 91.0 Å². The Morgan fingerprint density at radius 2 is 0.538 bits per heavy atom. The van der Waals surface area contributed by atoms with Crippen LogP contribution in [0.2, 0.25) is 0 Å². The third kappa shape index (κ3) is 3.70. The summed E-state index contributed by atoms with van der Waals surface area (Å²) in [4.78, 5) is 0. The second-order valence-electron chi connectivity index (χ2n) is 13.8. The lowest BCUT2D eigenvalue weighted by Crippen LogP contribution is -1.95. The van der Waals surface area contributed by atoms with E-state index in [0.717, 1.165) is 39.0 Å². The molecule has 0 aliphatic rings. The SMILES string of the molecule is c1ccc2c(c1)c1ccccc1n2-c1ccc2oc3ccc(-n4c5ccccc5c5cc(-n6c7ccccc7c7ccccc76)ccc54)cc3c2c1. The number of nitrogens with zero attached hydrogens (tertiary/aromatic N) is 3. The van der Waals surface area contributed by atoms with E-state index in [-0.39, 0.29) is 0 Å². The van der Waals surface area contributed by atoms with Gasteiger partial charge in [0.2, 0.25) is 0 Å². The first-order valence-corrected chi connectivity index (χ1v) is 17.8. The number of aromatic nitrogens is 3. The normalized spacial score (nSPS) is 12.2. The minimum Gasteiger partial charge on any atom is -0.456 e. The Bertz CT molecular complexity index is 3320. The quantitative estimate of drug-likeness (QED) is 0.185. The highest BCUT2D eigenvalue weighted by Gasteiger charge is 2.18. The summed E-state index contributed by atoms with van der Waals surface area (Å²) in [5.74, 6) is 0. The lowest BCUT2D eigenvalue weighted by atomic mass is 10.1. The van der Waals surface area contributed by atoms with E-state index in [1.165, 1.54) is 65.4 Å². The standard InChI is InChI=1S/C48H29N3O/c1-6-16-41-33(11-1)34-12-2-7-17-42(34)49(41)30-21-24-46-38(27-30)37-15-5-10-20-45(37)51(46)32-23-26-48-40(29-32)39-28-31(22-25-47(39)52-48)50-43-18-8-3-13-35(43)36-14-4-9-19-44(36)50/h1-29H. The summed E-state index contributed by atoms with van der Waals surface area (Å²) >= 11 is 0. The number of hydrogen-bond acceptors (Lipinski definition) is 1. The van der Waals surface area contributed by atoms with Crippen LogP contribution in [0.15, 0.2) is 180 Å². The van der Waals surface area contributed by atoms with E-state index in [0.29, 0.717) is 0 Å². The molecule has 0 saturated heterocycles. The van der Waals surface area contributed by atoms with E-state index in [1.807, 2.05) is 0 Å². The molecule has 8 aromatic carbocycles. The van der Waals surface area contributed by atoms with Gasteiger partial charge in [-0.3, -0.25) is 0 Å². The zero-order chi connectivity index (χ0) is 33.9. The Balaban J connectivity index is 1.07. The number of para-hydroxylation sites is 5. The van der Waals surface area contributed by atoms with Crippen molar-refractivity contribution in [1.82, 2.24) is 13.7 Å². The molecule has 0 atom stereocenters. The second-order valence-corrected chi connectivity index (χ2v) is 13.8. The summed E-state index contributed by atoms with van der Waals surface area (Å²) in [5.41, 5.74) is 12.3. The van der Waals surface area contributed by atoms with E-state index in [9.17, 15) is 0 Å². The van der Waals surface area contributed by atoms with Gasteiger partial charge in [0.15, 0.2) is 0 Å². The maximum atomic E-state index is 6.45. The van der Waals surface area contributed by atoms with Gasteiger partial charge in [0.05, 0.1) is 33.1 Å². The molecule has 0 unspecified atom stereocenters. The predicted octanol–water partition coefficient (Wildman–Crippen LogP) is 12.9. The van der Waals surface area contributed by atoms with Crippen molar-refractivity contribution in [3.8, 4) is 17.1 Å². The highest BCUT2D eigenvalue weighted by atomic mass is 16.3. The van der Waals surface area contributed by atoms with Gasteiger partial charge < -0.3 is 18.1 Å².